The molecule has 1 unspecified atom stereocenters. The van der Waals surface area contributed by atoms with Crippen molar-refractivity contribution >= 4 is 17.5 Å². The van der Waals surface area contributed by atoms with Crippen LogP contribution in [0.4, 0.5) is 8.78 Å². The molecule has 1 fully saturated rings. The van der Waals surface area contributed by atoms with Crippen molar-refractivity contribution in [2.24, 2.45) is 13.0 Å². The van der Waals surface area contributed by atoms with Crippen LogP contribution in [-0.2, 0) is 24.9 Å². The molecule has 2 aromatic rings. The number of hydrogen-bond acceptors (Lipinski definition) is 3. The maximum atomic E-state index is 13.2. The van der Waals surface area contributed by atoms with Gasteiger partial charge in [0.2, 0.25) is 5.91 Å². The van der Waals surface area contributed by atoms with Gasteiger partial charge in [0.05, 0.1) is 5.69 Å². The molecule has 0 aliphatic carbocycles. The van der Waals surface area contributed by atoms with Gasteiger partial charge in [0, 0.05) is 38.7 Å². The maximum Gasteiger partial charge on any atom is 0.220 e. The number of carbonyl (C=O) groups is 1. The highest BCUT2D eigenvalue weighted by Gasteiger charge is 2.23. The molecule has 0 bridgehead atoms. The van der Waals surface area contributed by atoms with Crippen LogP contribution >= 0.6 is 11.6 Å². The Morgan fingerprint density at radius 3 is 2.83 bits per heavy atom. The average Bonchev–Trinajstić information content (AvgIpc) is 2.93. The number of aryl methyl sites for hydroxylation is 2. The van der Waals surface area contributed by atoms with Gasteiger partial charge in [-0.05, 0) is 56.3 Å². The minimum absolute atomic E-state index is 0.0713. The van der Waals surface area contributed by atoms with Gasteiger partial charge in [-0.2, -0.15) is 5.10 Å². The molecule has 1 aromatic carbocycles. The SMILES string of the molecule is Cc1nn(C)c(Cl)c1CN1CCCC(CCC(=O)NCc2ccc(F)c(F)c2)C1. The fraction of sp³-hybridized carbons (Fsp3) is 0.524. The Morgan fingerprint density at radius 1 is 1.34 bits per heavy atom. The smallest absolute Gasteiger partial charge is 0.220 e. The highest BCUT2D eigenvalue weighted by Crippen LogP contribution is 2.26. The molecule has 1 aliphatic heterocycles. The van der Waals surface area contributed by atoms with Crippen LogP contribution in [0.5, 0.6) is 0 Å². The third-order valence-corrected chi connectivity index (χ3v) is 5.98. The van der Waals surface area contributed by atoms with Crippen molar-refractivity contribution in [3.05, 3.63) is 51.8 Å². The summed E-state index contributed by atoms with van der Waals surface area (Å²) in [5.74, 6) is -1.40. The van der Waals surface area contributed by atoms with Crippen LogP contribution in [0.15, 0.2) is 18.2 Å². The number of halogens is 3. The van der Waals surface area contributed by atoms with E-state index in [9.17, 15) is 13.6 Å². The second kappa shape index (κ2) is 9.67. The number of likely N-dealkylation sites (tertiary alicyclic amines) is 1. The van der Waals surface area contributed by atoms with Crippen LogP contribution in [0.25, 0.3) is 0 Å². The van der Waals surface area contributed by atoms with E-state index in [1.165, 1.54) is 6.07 Å². The quantitative estimate of drug-likeness (QED) is 0.731. The van der Waals surface area contributed by atoms with Crippen LogP contribution in [0.1, 0.15) is 42.5 Å². The summed E-state index contributed by atoms with van der Waals surface area (Å²) in [5.41, 5.74) is 2.57. The van der Waals surface area contributed by atoms with E-state index < -0.39 is 11.6 Å². The summed E-state index contributed by atoms with van der Waals surface area (Å²) in [6.45, 7) is 4.90. The molecule has 5 nitrogen and oxygen atoms in total. The lowest BCUT2D eigenvalue weighted by Gasteiger charge is -2.32. The lowest BCUT2D eigenvalue weighted by Crippen LogP contribution is -2.35. The molecule has 2 heterocycles. The van der Waals surface area contributed by atoms with Crippen LogP contribution in [0, 0.1) is 24.5 Å². The molecule has 1 amide bonds. The molecular formula is C21H27ClF2N4O. The number of rotatable bonds is 7. The van der Waals surface area contributed by atoms with Crippen molar-refractivity contribution < 1.29 is 13.6 Å². The first-order chi connectivity index (χ1) is 13.8. The number of nitrogens with one attached hydrogen (secondary N) is 1. The Hall–Kier alpha value is -1.99. The number of benzene rings is 1. The van der Waals surface area contributed by atoms with E-state index in [0.717, 1.165) is 62.3 Å². The van der Waals surface area contributed by atoms with Gasteiger partial charge in [-0.25, -0.2) is 8.78 Å². The van der Waals surface area contributed by atoms with Gasteiger partial charge in [0.25, 0.3) is 0 Å². The van der Waals surface area contributed by atoms with Crippen LogP contribution < -0.4 is 5.32 Å². The van der Waals surface area contributed by atoms with Crippen molar-refractivity contribution in [3.8, 4) is 0 Å². The number of amides is 1. The molecule has 1 aliphatic rings. The van der Waals surface area contributed by atoms with Gasteiger partial charge in [-0.15, -0.1) is 0 Å². The molecule has 8 heteroatoms. The standard InChI is InChI=1S/C21H27ClF2N4O/c1-14-17(21(22)27(2)26-14)13-28-9-3-4-15(12-28)6-8-20(29)25-11-16-5-7-18(23)19(24)10-16/h5,7,10,15H,3-4,6,8-9,11-13H2,1-2H3,(H,25,29). The summed E-state index contributed by atoms with van der Waals surface area (Å²) in [7, 11) is 1.84. The molecule has 29 heavy (non-hydrogen) atoms. The summed E-state index contributed by atoms with van der Waals surface area (Å²) in [6.07, 6.45) is 3.43. The first-order valence-corrected chi connectivity index (χ1v) is 10.3. The summed E-state index contributed by atoms with van der Waals surface area (Å²) < 4.78 is 27.9. The van der Waals surface area contributed by atoms with Crippen molar-refractivity contribution in [3.63, 3.8) is 0 Å². The number of carbonyl (C=O) groups excluding carboxylic acids is 1. The third-order valence-electron chi connectivity index (χ3n) is 5.51. The molecule has 0 spiro atoms. The molecule has 3 rings (SSSR count). The Kier molecular flexibility index (Phi) is 7.24. The van der Waals surface area contributed by atoms with Crippen molar-refractivity contribution in [2.75, 3.05) is 13.1 Å². The lowest BCUT2D eigenvalue weighted by atomic mass is 9.93. The van der Waals surface area contributed by atoms with Crippen LogP contribution in [0.2, 0.25) is 5.15 Å². The Balaban J connectivity index is 1.44. The first-order valence-electron chi connectivity index (χ1n) is 9.94. The van der Waals surface area contributed by atoms with Gasteiger partial charge < -0.3 is 5.32 Å². The Bertz CT molecular complexity index is 871. The summed E-state index contributed by atoms with van der Waals surface area (Å²) in [5, 5.41) is 7.84. The molecule has 0 radical (unpaired) electrons. The maximum absolute atomic E-state index is 13.2. The van der Waals surface area contributed by atoms with E-state index in [0.29, 0.717) is 23.1 Å². The molecule has 1 saturated heterocycles. The van der Waals surface area contributed by atoms with E-state index in [1.807, 2.05) is 14.0 Å². The highest BCUT2D eigenvalue weighted by atomic mass is 35.5. The fourth-order valence-corrected chi connectivity index (χ4v) is 4.12. The first kappa shape index (κ1) is 21.7. The van der Waals surface area contributed by atoms with Crippen molar-refractivity contribution in [1.82, 2.24) is 20.0 Å². The lowest BCUT2D eigenvalue weighted by molar-refractivity contribution is -0.121. The fourth-order valence-electron chi connectivity index (χ4n) is 3.88. The van der Waals surface area contributed by atoms with E-state index in [2.05, 4.69) is 15.3 Å². The van der Waals surface area contributed by atoms with E-state index in [1.54, 1.807) is 4.68 Å². The number of piperidine rings is 1. The largest absolute Gasteiger partial charge is 0.352 e. The van der Waals surface area contributed by atoms with Crippen LogP contribution in [-0.4, -0.2) is 33.7 Å². The molecule has 1 atom stereocenters. The third kappa shape index (κ3) is 5.76. The van der Waals surface area contributed by atoms with Gasteiger partial charge in [-0.3, -0.25) is 14.4 Å². The summed E-state index contributed by atoms with van der Waals surface area (Å²) in [4.78, 5) is 14.5. The molecule has 1 N–H and O–H groups in total. The van der Waals surface area contributed by atoms with Gasteiger partial charge in [-0.1, -0.05) is 17.7 Å². The monoisotopic (exact) mass is 424 g/mol. The normalized spacial score (nSPS) is 17.5. The van der Waals surface area contributed by atoms with Gasteiger partial charge in [0.1, 0.15) is 5.15 Å². The molecule has 0 saturated carbocycles. The summed E-state index contributed by atoms with van der Waals surface area (Å²) >= 11 is 6.35. The zero-order chi connectivity index (χ0) is 21.0. The predicted octanol–water partition coefficient (Wildman–Crippen LogP) is 3.97. The highest BCUT2D eigenvalue weighted by molar-refractivity contribution is 6.30. The number of hydrogen-bond donors (Lipinski definition) is 1. The van der Waals surface area contributed by atoms with Crippen LogP contribution in [0.3, 0.4) is 0 Å². The molecular weight excluding hydrogens is 398 g/mol. The second-order valence-electron chi connectivity index (χ2n) is 7.79. The minimum atomic E-state index is -0.900. The average molecular weight is 425 g/mol. The van der Waals surface area contributed by atoms with E-state index in [-0.39, 0.29) is 12.5 Å². The van der Waals surface area contributed by atoms with Gasteiger partial charge in [0.15, 0.2) is 11.6 Å². The van der Waals surface area contributed by atoms with Crippen molar-refractivity contribution in [1.29, 1.82) is 0 Å². The van der Waals surface area contributed by atoms with E-state index >= 15 is 0 Å². The molecule has 1 aromatic heterocycles. The number of aromatic nitrogens is 2. The van der Waals surface area contributed by atoms with E-state index in [4.69, 9.17) is 11.6 Å². The molecule has 158 valence electrons. The Labute approximate surface area is 175 Å². The Morgan fingerprint density at radius 2 is 2.14 bits per heavy atom. The summed E-state index contributed by atoms with van der Waals surface area (Å²) in [6, 6.07) is 3.66. The number of nitrogens with zero attached hydrogens (tertiary/aromatic N) is 3. The zero-order valence-corrected chi connectivity index (χ0v) is 17.6. The zero-order valence-electron chi connectivity index (χ0n) is 16.9. The second-order valence-corrected chi connectivity index (χ2v) is 8.14. The minimum Gasteiger partial charge on any atom is -0.352 e. The predicted molar refractivity (Wildman–Crippen MR) is 108 cm³/mol. The topological polar surface area (TPSA) is 50.2 Å². The van der Waals surface area contributed by atoms with Gasteiger partial charge >= 0.3 is 0 Å². The van der Waals surface area contributed by atoms with Crippen molar-refractivity contribution in [2.45, 2.75) is 45.7 Å².